The SMILES string of the molecule is CC1(C)c2ccccc2-c2cc3c4cc(N(c5ccccc5)c5ccccc5)ccc4n(-c4cc[c-]c(-c5ccccn5)c4)c3cc21.[Ir]. The van der Waals surface area contributed by atoms with Crippen LogP contribution in [-0.2, 0) is 25.5 Å². The standard InChI is InChI=1S/C44H32N3.Ir/c1-44(2)39-21-10-9-20-35(39)36-28-38-37-27-34(46(31-15-5-3-6-16-31)32-17-7-4-8-18-32)23-24-42(37)47(43(38)29-40(36)44)33-19-13-14-30(26-33)41-22-11-12-25-45-41;/h3-13,15-29H,1-2H3;/q-1;. The van der Waals surface area contributed by atoms with Gasteiger partial charge in [0.1, 0.15) is 0 Å². The molecule has 0 amide bonds. The molecular weight excluding hydrogens is 763 g/mol. The molecule has 0 spiro atoms. The zero-order valence-electron chi connectivity index (χ0n) is 26.7. The van der Waals surface area contributed by atoms with Crippen molar-refractivity contribution >= 4 is 38.9 Å². The Morgan fingerprint density at radius 2 is 1.27 bits per heavy atom. The van der Waals surface area contributed by atoms with E-state index < -0.39 is 0 Å². The summed E-state index contributed by atoms with van der Waals surface area (Å²) < 4.78 is 2.42. The van der Waals surface area contributed by atoms with Crippen LogP contribution >= 0.6 is 0 Å². The van der Waals surface area contributed by atoms with E-state index in [1.54, 1.807) is 0 Å². The number of benzene rings is 6. The van der Waals surface area contributed by atoms with Crippen LogP contribution < -0.4 is 4.90 Å². The predicted molar refractivity (Wildman–Crippen MR) is 195 cm³/mol. The molecule has 0 N–H and O–H groups in total. The molecule has 1 radical (unpaired) electrons. The van der Waals surface area contributed by atoms with E-state index in [1.165, 1.54) is 38.5 Å². The van der Waals surface area contributed by atoms with Gasteiger partial charge >= 0.3 is 0 Å². The van der Waals surface area contributed by atoms with Crippen LogP contribution in [0.15, 0.2) is 158 Å². The second-order valence-electron chi connectivity index (χ2n) is 12.8. The molecule has 2 heterocycles. The van der Waals surface area contributed by atoms with E-state index >= 15 is 0 Å². The third kappa shape index (κ3) is 4.72. The van der Waals surface area contributed by atoms with Gasteiger partial charge in [0.2, 0.25) is 0 Å². The summed E-state index contributed by atoms with van der Waals surface area (Å²) in [6.07, 6.45) is 1.84. The largest absolute Gasteiger partial charge is 0.327 e. The van der Waals surface area contributed by atoms with Crippen molar-refractivity contribution in [1.82, 2.24) is 9.55 Å². The monoisotopic (exact) mass is 795 g/mol. The van der Waals surface area contributed by atoms with Gasteiger partial charge in [-0.2, -0.15) is 0 Å². The Hall–Kier alpha value is -5.28. The summed E-state index contributed by atoms with van der Waals surface area (Å²) >= 11 is 0. The van der Waals surface area contributed by atoms with Gasteiger partial charge in [0.15, 0.2) is 0 Å². The van der Waals surface area contributed by atoms with Gasteiger partial charge in [-0.25, -0.2) is 0 Å². The van der Waals surface area contributed by atoms with Crippen LogP contribution in [0.2, 0.25) is 0 Å². The van der Waals surface area contributed by atoms with E-state index in [1.807, 2.05) is 30.5 Å². The summed E-state index contributed by atoms with van der Waals surface area (Å²) in [5.74, 6) is 0. The molecule has 0 aliphatic heterocycles. The summed E-state index contributed by atoms with van der Waals surface area (Å²) in [4.78, 5) is 6.97. The number of nitrogens with zero attached hydrogens (tertiary/aromatic N) is 3. The van der Waals surface area contributed by atoms with Crippen molar-refractivity contribution in [3.05, 3.63) is 175 Å². The molecular formula is C44H32IrN3-. The van der Waals surface area contributed by atoms with Crippen LogP contribution in [0.4, 0.5) is 17.1 Å². The van der Waals surface area contributed by atoms with Crippen molar-refractivity contribution in [3.63, 3.8) is 0 Å². The smallest absolute Gasteiger partial charge is 0.0527 e. The molecule has 1 aliphatic carbocycles. The van der Waals surface area contributed by atoms with Gasteiger partial charge in [0.05, 0.1) is 11.0 Å². The van der Waals surface area contributed by atoms with E-state index in [0.717, 1.165) is 39.5 Å². The van der Waals surface area contributed by atoms with Crippen molar-refractivity contribution in [3.8, 4) is 28.1 Å². The number of hydrogen-bond acceptors (Lipinski definition) is 2. The minimum Gasteiger partial charge on any atom is -0.327 e. The summed E-state index contributed by atoms with van der Waals surface area (Å²) in [6, 6.07) is 57.7. The first-order chi connectivity index (χ1) is 23.1. The molecule has 0 saturated carbocycles. The number of hydrogen-bond donors (Lipinski definition) is 0. The molecule has 48 heavy (non-hydrogen) atoms. The third-order valence-corrected chi connectivity index (χ3v) is 9.72. The molecule has 6 aromatic carbocycles. The predicted octanol–water partition coefficient (Wildman–Crippen LogP) is 11.4. The second kappa shape index (κ2) is 11.8. The van der Waals surface area contributed by atoms with Crippen LogP contribution in [0.3, 0.4) is 0 Å². The molecule has 0 bridgehead atoms. The number of pyridine rings is 1. The van der Waals surface area contributed by atoms with Crippen LogP contribution in [0, 0.1) is 6.07 Å². The number of rotatable bonds is 5. The van der Waals surface area contributed by atoms with Gasteiger partial charge in [0.25, 0.3) is 0 Å². The van der Waals surface area contributed by atoms with Gasteiger partial charge in [-0.15, -0.1) is 29.8 Å². The van der Waals surface area contributed by atoms with E-state index in [2.05, 4.69) is 162 Å². The maximum absolute atomic E-state index is 4.63. The maximum atomic E-state index is 4.63. The molecule has 4 heteroatoms. The van der Waals surface area contributed by atoms with Crippen molar-refractivity contribution in [2.75, 3.05) is 4.90 Å². The Morgan fingerprint density at radius 3 is 2.00 bits per heavy atom. The van der Waals surface area contributed by atoms with E-state index in [9.17, 15) is 0 Å². The summed E-state index contributed by atoms with van der Waals surface area (Å²) in [5, 5.41) is 2.45. The maximum Gasteiger partial charge on any atom is 0.0527 e. The minimum atomic E-state index is -0.104. The molecule has 0 saturated heterocycles. The molecule has 0 fully saturated rings. The van der Waals surface area contributed by atoms with Crippen LogP contribution in [0.1, 0.15) is 25.0 Å². The van der Waals surface area contributed by atoms with Crippen LogP contribution in [-0.4, -0.2) is 9.55 Å². The van der Waals surface area contributed by atoms with E-state index in [-0.39, 0.29) is 25.5 Å². The average Bonchev–Trinajstić information content (AvgIpc) is 3.56. The first-order valence-corrected chi connectivity index (χ1v) is 16.1. The molecule has 0 unspecified atom stereocenters. The molecule has 0 atom stereocenters. The Morgan fingerprint density at radius 1 is 0.583 bits per heavy atom. The minimum absolute atomic E-state index is 0. The molecule has 8 aromatic rings. The van der Waals surface area contributed by atoms with Crippen molar-refractivity contribution in [1.29, 1.82) is 0 Å². The van der Waals surface area contributed by atoms with Gasteiger partial charge in [-0.1, -0.05) is 86.6 Å². The normalized spacial score (nSPS) is 12.8. The zero-order valence-corrected chi connectivity index (χ0v) is 29.1. The van der Waals surface area contributed by atoms with Crippen LogP contribution in [0.5, 0.6) is 0 Å². The zero-order chi connectivity index (χ0) is 31.5. The molecule has 1 aliphatic rings. The Bertz CT molecular complexity index is 2390. The van der Waals surface area contributed by atoms with Crippen molar-refractivity contribution < 1.29 is 20.1 Å². The Kier molecular flexibility index (Phi) is 7.36. The Labute approximate surface area is 294 Å². The fourth-order valence-corrected chi connectivity index (χ4v) is 7.48. The number of anilines is 3. The average molecular weight is 795 g/mol. The summed E-state index contributed by atoms with van der Waals surface area (Å²) in [6.45, 7) is 4.70. The van der Waals surface area contributed by atoms with Crippen molar-refractivity contribution in [2.45, 2.75) is 19.3 Å². The topological polar surface area (TPSA) is 21.1 Å². The van der Waals surface area contributed by atoms with Gasteiger partial charge in [-0.3, -0.25) is 0 Å². The summed E-state index contributed by atoms with van der Waals surface area (Å²) in [5.41, 5.74) is 14.0. The number of para-hydroxylation sites is 2. The van der Waals surface area contributed by atoms with Gasteiger partial charge in [-0.05, 0) is 94.3 Å². The molecule has 233 valence electrons. The van der Waals surface area contributed by atoms with E-state index in [4.69, 9.17) is 0 Å². The number of fused-ring (bicyclic) bond motifs is 6. The van der Waals surface area contributed by atoms with Crippen molar-refractivity contribution in [2.24, 2.45) is 0 Å². The van der Waals surface area contributed by atoms with Gasteiger partial charge in [0, 0.05) is 59.6 Å². The first kappa shape index (κ1) is 30.1. The molecule has 9 rings (SSSR count). The fourth-order valence-electron chi connectivity index (χ4n) is 7.48. The van der Waals surface area contributed by atoms with Crippen LogP contribution in [0.25, 0.3) is 49.9 Å². The third-order valence-electron chi connectivity index (χ3n) is 9.72. The summed E-state index contributed by atoms with van der Waals surface area (Å²) in [7, 11) is 0. The first-order valence-electron chi connectivity index (χ1n) is 16.1. The molecule has 2 aromatic heterocycles. The Balaban J connectivity index is 0.00000336. The number of aromatic nitrogens is 2. The quantitative estimate of drug-likeness (QED) is 0.162. The molecule has 3 nitrogen and oxygen atoms in total. The second-order valence-corrected chi connectivity index (χ2v) is 12.8. The fraction of sp³-hybridized carbons (Fsp3) is 0.0682. The van der Waals surface area contributed by atoms with Gasteiger partial charge < -0.3 is 14.5 Å². The van der Waals surface area contributed by atoms with E-state index in [0.29, 0.717) is 0 Å².